The average molecular weight is 546 g/mol. The molecule has 1 aromatic heterocycles. The minimum absolute atomic E-state index is 0.0546. The maximum Gasteiger partial charge on any atom is 0.243 e. The quantitative estimate of drug-likeness (QED) is 0.411. The van der Waals surface area contributed by atoms with Crippen molar-refractivity contribution in [2.24, 2.45) is 11.8 Å². The van der Waals surface area contributed by atoms with Gasteiger partial charge in [0, 0.05) is 36.9 Å². The first-order valence-electron chi connectivity index (χ1n) is 8.73. The second-order valence-corrected chi connectivity index (χ2v) is 12.6. The number of carbonyl (C=O) groups excluding carboxylic acids is 2. The van der Waals surface area contributed by atoms with Crippen LogP contribution in [0.4, 0.5) is 0 Å². The van der Waals surface area contributed by atoms with Crippen LogP contribution in [0.25, 0.3) is 0 Å². The standard InChI is InChI=1S/C17H23Cl6N3O2S/c1-9(16(18,19)20)7-12(14(28)25-11(3)15-24-5-6-29-15)26(4)13(27)8-10(2)17(21,22)23/h5-6,9-12H,7-8H2,1-4H3,(H,25,28)/t9-,10-,11-,12+/m0/s1. The van der Waals surface area contributed by atoms with E-state index in [1.54, 1.807) is 27.0 Å². The highest BCUT2D eigenvalue weighted by Gasteiger charge is 2.38. The van der Waals surface area contributed by atoms with Gasteiger partial charge in [0.2, 0.25) is 11.8 Å². The Balaban J connectivity index is 2.99. The lowest BCUT2D eigenvalue weighted by Crippen LogP contribution is -2.50. The molecule has 0 unspecified atom stereocenters. The predicted octanol–water partition coefficient (Wildman–Crippen LogP) is 5.94. The summed E-state index contributed by atoms with van der Waals surface area (Å²) in [5, 5.41) is 5.42. The number of hydrogen-bond donors (Lipinski definition) is 1. The highest BCUT2D eigenvalue weighted by atomic mass is 35.6. The van der Waals surface area contributed by atoms with Crippen LogP contribution in [-0.4, -0.2) is 42.4 Å². The van der Waals surface area contributed by atoms with Crippen LogP contribution in [0.5, 0.6) is 0 Å². The van der Waals surface area contributed by atoms with Crippen molar-refractivity contribution >= 4 is 92.8 Å². The number of thiazole rings is 1. The van der Waals surface area contributed by atoms with Crippen LogP contribution < -0.4 is 5.32 Å². The molecule has 0 saturated heterocycles. The van der Waals surface area contributed by atoms with Gasteiger partial charge in [-0.15, -0.1) is 11.3 Å². The molecule has 1 N–H and O–H groups in total. The van der Waals surface area contributed by atoms with Gasteiger partial charge in [-0.05, 0) is 13.3 Å². The van der Waals surface area contributed by atoms with Gasteiger partial charge in [-0.25, -0.2) is 4.98 Å². The zero-order valence-electron chi connectivity index (χ0n) is 16.3. The van der Waals surface area contributed by atoms with Crippen LogP contribution in [-0.2, 0) is 9.59 Å². The minimum Gasteiger partial charge on any atom is -0.345 e. The Bertz CT molecular complexity index is 678. The summed E-state index contributed by atoms with van der Waals surface area (Å²) in [7, 11) is 1.51. The molecule has 12 heteroatoms. The summed E-state index contributed by atoms with van der Waals surface area (Å²) in [4.78, 5) is 31.3. The van der Waals surface area contributed by atoms with Crippen molar-refractivity contribution in [2.75, 3.05) is 7.05 Å². The van der Waals surface area contributed by atoms with E-state index in [1.807, 2.05) is 5.38 Å². The molecule has 1 heterocycles. The molecular weight excluding hydrogens is 523 g/mol. The number of carbonyl (C=O) groups is 2. The molecule has 0 radical (unpaired) electrons. The lowest BCUT2D eigenvalue weighted by Gasteiger charge is -2.33. The molecule has 0 aromatic carbocycles. The molecule has 2 amide bonds. The fourth-order valence-electron chi connectivity index (χ4n) is 2.42. The number of nitrogens with zero attached hydrogens (tertiary/aromatic N) is 2. The molecule has 1 rings (SSSR count). The largest absolute Gasteiger partial charge is 0.345 e. The molecule has 4 atom stereocenters. The van der Waals surface area contributed by atoms with Gasteiger partial charge in [0.25, 0.3) is 0 Å². The molecular formula is C17H23Cl6N3O2S. The van der Waals surface area contributed by atoms with Gasteiger partial charge < -0.3 is 10.2 Å². The summed E-state index contributed by atoms with van der Waals surface area (Å²) in [5.74, 6) is -1.79. The van der Waals surface area contributed by atoms with Crippen LogP contribution in [0.2, 0.25) is 0 Å². The number of aromatic nitrogens is 1. The van der Waals surface area contributed by atoms with Crippen LogP contribution >= 0.6 is 80.9 Å². The van der Waals surface area contributed by atoms with Gasteiger partial charge >= 0.3 is 0 Å². The lowest BCUT2D eigenvalue weighted by molar-refractivity contribution is -0.140. The molecule has 0 saturated carbocycles. The van der Waals surface area contributed by atoms with Gasteiger partial charge in [0.1, 0.15) is 11.0 Å². The highest BCUT2D eigenvalue weighted by Crippen LogP contribution is 2.39. The van der Waals surface area contributed by atoms with Gasteiger partial charge in [-0.1, -0.05) is 83.5 Å². The Morgan fingerprint density at radius 2 is 1.66 bits per heavy atom. The van der Waals surface area contributed by atoms with E-state index in [4.69, 9.17) is 69.6 Å². The molecule has 0 aliphatic rings. The molecule has 0 aliphatic heterocycles. The van der Waals surface area contributed by atoms with E-state index in [1.165, 1.54) is 23.3 Å². The third kappa shape index (κ3) is 8.76. The molecule has 29 heavy (non-hydrogen) atoms. The zero-order chi connectivity index (χ0) is 22.6. The molecule has 0 bridgehead atoms. The van der Waals surface area contributed by atoms with E-state index in [-0.39, 0.29) is 30.7 Å². The van der Waals surface area contributed by atoms with Crippen molar-refractivity contribution in [1.82, 2.24) is 15.2 Å². The van der Waals surface area contributed by atoms with Gasteiger partial charge in [-0.3, -0.25) is 9.59 Å². The lowest BCUT2D eigenvalue weighted by atomic mass is 9.99. The Hall–Kier alpha value is 0.310. The summed E-state index contributed by atoms with van der Waals surface area (Å²) >= 11 is 37.0. The normalized spacial score (nSPS) is 16.6. The maximum atomic E-state index is 13.0. The Labute approximate surface area is 205 Å². The molecule has 0 aliphatic carbocycles. The number of rotatable bonds is 8. The molecule has 0 spiro atoms. The third-order valence-electron chi connectivity index (χ3n) is 4.52. The second kappa shape index (κ2) is 11.3. The maximum absolute atomic E-state index is 13.0. The number of amides is 2. The predicted molar refractivity (Wildman–Crippen MR) is 123 cm³/mol. The molecule has 166 valence electrons. The first-order valence-corrected chi connectivity index (χ1v) is 11.9. The van der Waals surface area contributed by atoms with Crippen molar-refractivity contribution in [2.45, 2.75) is 53.3 Å². The van der Waals surface area contributed by atoms with Gasteiger partial charge in [-0.2, -0.15) is 0 Å². The van der Waals surface area contributed by atoms with E-state index in [0.29, 0.717) is 0 Å². The van der Waals surface area contributed by atoms with Crippen molar-refractivity contribution < 1.29 is 9.59 Å². The smallest absolute Gasteiger partial charge is 0.243 e. The zero-order valence-corrected chi connectivity index (χ0v) is 21.6. The van der Waals surface area contributed by atoms with Gasteiger partial charge in [0.05, 0.1) is 6.04 Å². The van der Waals surface area contributed by atoms with Crippen molar-refractivity contribution in [1.29, 1.82) is 0 Å². The van der Waals surface area contributed by atoms with Crippen LogP contribution in [0, 0.1) is 11.8 Å². The summed E-state index contributed by atoms with van der Waals surface area (Å²) in [6.45, 7) is 5.14. The topological polar surface area (TPSA) is 62.3 Å². The summed E-state index contributed by atoms with van der Waals surface area (Å²) in [5.41, 5.74) is 0. The molecule has 1 aromatic rings. The fraction of sp³-hybridized carbons (Fsp3) is 0.706. The first-order chi connectivity index (χ1) is 13.1. The molecule has 5 nitrogen and oxygen atoms in total. The Kier molecular flexibility index (Phi) is 10.6. The number of nitrogens with one attached hydrogen (secondary N) is 1. The SMILES string of the molecule is C[C@H](NC(=O)[C@@H](C[C@H](C)C(Cl)(Cl)Cl)N(C)C(=O)C[C@H](C)C(Cl)(Cl)Cl)c1nccs1. The number of alkyl halides is 6. The second-order valence-electron chi connectivity index (χ2n) is 6.95. The number of halogens is 6. The summed E-state index contributed by atoms with van der Waals surface area (Å²) in [6.07, 6.45) is 1.73. The number of likely N-dealkylation sites (N-methyl/N-ethyl adjacent to an activating group) is 1. The Morgan fingerprint density at radius 3 is 2.10 bits per heavy atom. The molecule has 0 fully saturated rings. The Morgan fingerprint density at radius 1 is 1.10 bits per heavy atom. The van der Waals surface area contributed by atoms with E-state index in [9.17, 15) is 9.59 Å². The van der Waals surface area contributed by atoms with Crippen LogP contribution in [0.1, 0.15) is 44.7 Å². The highest BCUT2D eigenvalue weighted by molar-refractivity contribution is 7.09. The van der Waals surface area contributed by atoms with E-state index >= 15 is 0 Å². The first kappa shape index (κ1) is 27.3. The van der Waals surface area contributed by atoms with E-state index < -0.39 is 25.5 Å². The van der Waals surface area contributed by atoms with Crippen molar-refractivity contribution in [3.05, 3.63) is 16.6 Å². The van der Waals surface area contributed by atoms with E-state index in [0.717, 1.165) is 5.01 Å². The third-order valence-corrected chi connectivity index (χ3v) is 7.71. The van der Waals surface area contributed by atoms with Crippen LogP contribution in [0.3, 0.4) is 0 Å². The monoisotopic (exact) mass is 543 g/mol. The average Bonchev–Trinajstić information content (AvgIpc) is 3.11. The minimum atomic E-state index is -1.60. The summed E-state index contributed by atoms with van der Waals surface area (Å²) < 4.78 is -3.19. The van der Waals surface area contributed by atoms with Gasteiger partial charge in [0.15, 0.2) is 7.59 Å². The number of hydrogen-bond acceptors (Lipinski definition) is 4. The van der Waals surface area contributed by atoms with Crippen molar-refractivity contribution in [3.8, 4) is 0 Å². The fourth-order valence-corrected chi connectivity index (χ4v) is 3.57. The van der Waals surface area contributed by atoms with Crippen molar-refractivity contribution in [3.63, 3.8) is 0 Å². The summed E-state index contributed by atoms with van der Waals surface area (Å²) in [6, 6.07) is -1.21. The van der Waals surface area contributed by atoms with E-state index in [2.05, 4.69) is 10.3 Å². The van der Waals surface area contributed by atoms with Crippen LogP contribution in [0.15, 0.2) is 11.6 Å².